The van der Waals surface area contributed by atoms with Crippen molar-refractivity contribution in [1.29, 1.82) is 0 Å². The summed E-state index contributed by atoms with van der Waals surface area (Å²) in [5, 5.41) is 76.3. The lowest BCUT2D eigenvalue weighted by atomic mass is 9.50. The molecule has 0 aromatic carbocycles. The summed E-state index contributed by atoms with van der Waals surface area (Å²) in [5.74, 6) is -1.64. The first kappa shape index (κ1) is 26.8. The Morgan fingerprint density at radius 3 is 2.29 bits per heavy atom. The fraction of sp³-hybridized carbons (Fsp3) is 0.815. The van der Waals surface area contributed by atoms with Crippen molar-refractivity contribution in [2.24, 2.45) is 16.7 Å². The van der Waals surface area contributed by atoms with Gasteiger partial charge in [-0.3, -0.25) is 4.79 Å². The second-order valence-electron chi connectivity index (χ2n) is 12.8. The summed E-state index contributed by atoms with van der Waals surface area (Å²) in [5.41, 5.74) is -4.71. The molecule has 0 aliphatic heterocycles. The zero-order chi connectivity index (χ0) is 26.4. The quantitative estimate of drug-likeness (QED) is 0.305. The number of aliphatic hydroxyl groups excluding tert-OH is 4. The highest BCUT2D eigenvalue weighted by Gasteiger charge is 2.68. The maximum absolute atomic E-state index is 13.5. The highest BCUT2D eigenvalue weighted by atomic mass is 16.3. The van der Waals surface area contributed by atoms with E-state index in [0.29, 0.717) is 36.8 Å². The van der Waals surface area contributed by atoms with Crippen LogP contribution < -0.4 is 0 Å². The van der Waals surface area contributed by atoms with E-state index in [2.05, 4.69) is 0 Å². The van der Waals surface area contributed by atoms with Gasteiger partial charge in [0, 0.05) is 22.8 Å². The van der Waals surface area contributed by atoms with Gasteiger partial charge < -0.3 is 35.7 Å². The third kappa shape index (κ3) is 3.75. The molecule has 2 saturated carbocycles. The molecule has 0 amide bonds. The van der Waals surface area contributed by atoms with Crippen LogP contribution in [0.5, 0.6) is 0 Å². The fourth-order valence-electron chi connectivity index (χ4n) is 7.79. The molecule has 0 aromatic heterocycles. The number of aliphatic hydroxyl groups is 7. The van der Waals surface area contributed by atoms with E-state index in [1.807, 2.05) is 13.8 Å². The van der Waals surface area contributed by atoms with E-state index >= 15 is 0 Å². The summed E-state index contributed by atoms with van der Waals surface area (Å²) in [6.07, 6.45) is -1.15. The van der Waals surface area contributed by atoms with Crippen LogP contribution >= 0.6 is 0 Å². The van der Waals surface area contributed by atoms with Crippen LogP contribution in [0, 0.1) is 16.7 Å². The molecule has 4 aliphatic carbocycles. The lowest BCUT2D eigenvalue weighted by Crippen LogP contribution is -2.60. The van der Waals surface area contributed by atoms with Crippen molar-refractivity contribution < 1.29 is 40.5 Å². The Hall–Kier alpha value is -1.29. The van der Waals surface area contributed by atoms with Gasteiger partial charge in [-0.1, -0.05) is 13.8 Å². The van der Waals surface area contributed by atoms with Crippen LogP contribution in [-0.4, -0.2) is 76.6 Å². The Bertz CT molecular complexity index is 974. The molecule has 0 radical (unpaired) electrons. The standard InChI is InChI=1S/C27H42O8/c1-23(2,33)9-8-19(30)26(5,34)18-7-11-27(35)20-14(6-10-25(18,27)4)24(3)13-17(29)16(28)12-15(24)21(31)22(20)32/h16-19,28-31,33-35H,6-13H2,1-5H3/t16-,17+,18+,19-,24-,25-,26-,27-/m1/s1. The van der Waals surface area contributed by atoms with Crippen LogP contribution in [-0.2, 0) is 4.79 Å². The number of carbonyl (C=O) groups excluding carboxylic acids is 1. The maximum atomic E-state index is 13.5. The summed E-state index contributed by atoms with van der Waals surface area (Å²) >= 11 is 0. The molecule has 0 aromatic rings. The molecule has 7 N–H and O–H groups in total. The zero-order valence-corrected chi connectivity index (χ0v) is 21.5. The van der Waals surface area contributed by atoms with Crippen molar-refractivity contribution in [3.05, 3.63) is 22.5 Å². The maximum Gasteiger partial charge on any atom is 0.226 e. The van der Waals surface area contributed by atoms with Crippen molar-refractivity contribution in [2.75, 3.05) is 0 Å². The van der Waals surface area contributed by atoms with Gasteiger partial charge in [0.1, 0.15) is 0 Å². The van der Waals surface area contributed by atoms with Gasteiger partial charge in [0.05, 0.1) is 35.1 Å². The molecular formula is C27H42O8. The monoisotopic (exact) mass is 494 g/mol. The first-order valence-electron chi connectivity index (χ1n) is 12.8. The number of hydrogen-bond acceptors (Lipinski definition) is 8. The molecule has 0 bridgehead atoms. The van der Waals surface area contributed by atoms with E-state index in [4.69, 9.17) is 0 Å². The molecule has 0 heterocycles. The number of rotatable bonds is 5. The smallest absolute Gasteiger partial charge is 0.226 e. The first-order chi connectivity index (χ1) is 15.9. The van der Waals surface area contributed by atoms with Crippen molar-refractivity contribution in [3.63, 3.8) is 0 Å². The largest absolute Gasteiger partial charge is 0.504 e. The van der Waals surface area contributed by atoms with Gasteiger partial charge in [-0.05, 0) is 82.8 Å². The first-order valence-corrected chi connectivity index (χ1v) is 12.8. The number of allylic oxidation sites excluding steroid dienone is 2. The van der Waals surface area contributed by atoms with Crippen LogP contribution in [0.2, 0.25) is 0 Å². The summed E-state index contributed by atoms with van der Waals surface area (Å²) in [6.45, 7) is 8.54. The van der Waals surface area contributed by atoms with Gasteiger partial charge in [0.15, 0.2) is 5.76 Å². The average molecular weight is 495 g/mol. The van der Waals surface area contributed by atoms with Gasteiger partial charge in [-0.2, -0.15) is 0 Å². The number of ketones is 1. The van der Waals surface area contributed by atoms with E-state index < -0.39 is 63.4 Å². The van der Waals surface area contributed by atoms with Gasteiger partial charge in [-0.15, -0.1) is 0 Å². The molecule has 2 fully saturated rings. The molecule has 0 spiro atoms. The van der Waals surface area contributed by atoms with Gasteiger partial charge >= 0.3 is 0 Å². The topological polar surface area (TPSA) is 159 Å². The number of fused-ring (bicyclic) bond motifs is 4. The van der Waals surface area contributed by atoms with Crippen LogP contribution in [0.1, 0.15) is 86.0 Å². The van der Waals surface area contributed by atoms with E-state index in [1.54, 1.807) is 20.8 Å². The molecule has 35 heavy (non-hydrogen) atoms. The molecule has 4 aliphatic rings. The van der Waals surface area contributed by atoms with Crippen LogP contribution in [0.15, 0.2) is 22.5 Å². The Morgan fingerprint density at radius 2 is 1.69 bits per heavy atom. The van der Waals surface area contributed by atoms with Gasteiger partial charge in [0.25, 0.3) is 0 Å². The van der Waals surface area contributed by atoms with E-state index in [9.17, 15) is 40.5 Å². The Morgan fingerprint density at radius 1 is 1.06 bits per heavy atom. The predicted octanol–water partition coefficient (Wildman–Crippen LogP) is 1.80. The molecule has 4 rings (SSSR count). The summed E-state index contributed by atoms with van der Waals surface area (Å²) in [7, 11) is 0. The minimum absolute atomic E-state index is 0.00749. The third-order valence-corrected chi connectivity index (χ3v) is 10.1. The van der Waals surface area contributed by atoms with E-state index in [-0.39, 0.29) is 31.3 Å². The zero-order valence-electron chi connectivity index (χ0n) is 21.5. The Balaban J connectivity index is 1.74. The minimum Gasteiger partial charge on any atom is -0.504 e. The Kier molecular flexibility index (Phi) is 6.20. The summed E-state index contributed by atoms with van der Waals surface area (Å²) < 4.78 is 0. The lowest BCUT2D eigenvalue weighted by Gasteiger charge is -2.56. The molecule has 8 heteroatoms. The van der Waals surface area contributed by atoms with Crippen LogP contribution in [0.25, 0.3) is 0 Å². The van der Waals surface area contributed by atoms with Crippen molar-refractivity contribution in [3.8, 4) is 0 Å². The second kappa shape index (κ2) is 8.10. The van der Waals surface area contributed by atoms with Crippen molar-refractivity contribution >= 4 is 5.78 Å². The summed E-state index contributed by atoms with van der Waals surface area (Å²) in [4.78, 5) is 13.5. The molecular weight excluding hydrogens is 452 g/mol. The molecule has 8 atom stereocenters. The second-order valence-corrected chi connectivity index (χ2v) is 12.8. The van der Waals surface area contributed by atoms with Crippen molar-refractivity contribution in [2.45, 2.75) is 121 Å². The SMILES string of the molecule is CC(C)(O)CC[C@@H](O)[C@](C)(O)[C@H]1CC[C@@]2(O)C3=C(CC[C@]12C)[C@@]1(C)C[C@H](O)[C@H](O)CC1=C(O)C3=O. The normalized spacial score (nSPS) is 42.4. The van der Waals surface area contributed by atoms with E-state index in [1.165, 1.54) is 0 Å². The average Bonchev–Trinajstić information content (AvgIpc) is 3.03. The molecule has 198 valence electrons. The minimum atomic E-state index is -1.62. The number of Topliss-reactive ketones (excluding diaryl/α,β-unsaturated/α-hetero) is 1. The molecule has 0 saturated heterocycles. The van der Waals surface area contributed by atoms with E-state index in [0.717, 1.165) is 0 Å². The highest BCUT2D eigenvalue weighted by molar-refractivity contribution is 6.11. The predicted molar refractivity (Wildman–Crippen MR) is 128 cm³/mol. The lowest BCUT2D eigenvalue weighted by molar-refractivity contribution is -0.161. The number of hydrogen-bond donors (Lipinski definition) is 7. The van der Waals surface area contributed by atoms with Gasteiger partial charge in [0.2, 0.25) is 5.78 Å². The van der Waals surface area contributed by atoms with Crippen molar-refractivity contribution in [1.82, 2.24) is 0 Å². The van der Waals surface area contributed by atoms with Gasteiger partial charge in [-0.25, -0.2) is 0 Å². The fourth-order valence-corrected chi connectivity index (χ4v) is 7.79. The Labute approximate surface area is 207 Å². The third-order valence-electron chi connectivity index (χ3n) is 10.1. The highest BCUT2D eigenvalue weighted by Crippen LogP contribution is 2.67. The van der Waals surface area contributed by atoms with Crippen LogP contribution in [0.4, 0.5) is 0 Å². The van der Waals surface area contributed by atoms with Crippen LogP contribution in [0.3, 0.4) is 0 Å². The number of carbonyl (C=O) groups is 1. The molecule has 0 unspecified atom stereocenters. The molecule has 8 nitrogen and oxygen atoms in total. The summed E-state index contributed by atoms with van der Waals surface area (Å²) in [6, 6.07) is 0.